The molecule has 1 aromatic heterocycles. The molecule has 0 bridgehead atoms. The van der Waals surface area contributed by atoms with Crippen molar-refractivity contribution in [2.24, 2.45) is 0 Å². The van der Waals surface area contributed by atoms with Crippen LogP contribution in [0, 0.1) is 0 Å². The fourth-order valence-electron chi connectivity index (χ4n) is 3.41. The van der Waals surface area contributed by atoms with Crippen molar-refractivity contribution in [3.63, 3.8) is 0 Å². The molecule has 0 saturated carbocycles. The lowest BCUT2D eigenvalue weighted by molar-refractivity contribution is 0.148. The van der Waals surface area contributed by atoms with Crippen molar-refractivity contribution < 1.29 is 13.2 Å². The van der Waals surface area contributed by atoms with Gasteiger partial charge in [-0.2, -0.15) is 8.42 Å². The Labute approximate surface area is 138 Å². The zero-order valence-electron chi connectivity index (χ0n) is 12.5. The largest absolute Gasteiger partial charge is 0.477 e. The molecule has 2 aliphatic rings. The zero-order chi connectivity index (χ0) is 16.3. The number of benzene rings is 2. The van der Waals surface area contributed by atoms with E-state index in [0.717, 1.165) is 16.5 Å². The van der Waals surface area contributed by atoms with Crippen LogP contribution in [0.5, 0.6) is 5.75 Å². The van der Waals surface area contributed by atoms with Crippen LogP contribution in [-0.2, 0) is 10.2 Å². The third-order valence-electron chi connectivity index (χ3n) is 4.49. The summed E-state index contributed by atoms with van der Waals surface area (Å²) in [6.07, 6.45) is 1.67. The van der Waals surface area contributed by atoms with Gasteiger partial charge < -0.3 is 4.74 Å². The second-order valence-corrected chi connectivity index (χ2v) is 7.44. The Balaban J connectivity index is 1.85. The Morgan fingerprint density at radius 1 is 1.08 bits per heavy atom. The van der Waals surface area contributed by atoms with Gasteiger partial charge in [0.15, 0.2) is 6.73 Å². The van der Waals surface area contributed by atoms with Crippen molar-refractivity contribution in [2.45, 2.75) is 6.04 Å². The lowest BCUT2D eigenvalue weighted by Gasteiger charge is -2.40. The molecule has 0 fully saturated rings. The highest BCUT2D eigenvalue weighted by Gasteiger charge is 2.43. The first-order valence-electron chi connectivity index (χ1n) is 7.54. The molecule has 1 atom stereocenters. The molecule has 0 spiro atoms. The van der Waals surface area contributed by atoms with Gasteiger partial charge in [0.2, 0.25) is 0 Å². The maximum Gasteiger partial charge on any atom is 0.305 e. The Kier molecular flexibility index (Phi) is 2.69. The van der Waals surface area contributed by atoms with E-state index < -0.39 is 16.3 Å². The van der Waals surface area contributed by atoms with E-state index in [1.54, 1.807) is 6.20 Å². The van der Waals surface area contributed by atoms with Crippen LogP contribution in [0.4, 0.5) is 5.69 Å². The minimum absolute atomic E-state index is 0.0172. The van der Waals surface area contributed by atoms with E-state index in [0.29, 0.717) is 17.0 Å². The molecule has 24 heavy (non-hydrogen) atoms. The van der Waals surface area contributed by atoms with Gasteiger partial charge >= 0.3 is 10.2 Å². The number of hydrogen-bond donors (Lipinski definition) is 1. The van der Waals surface area contributed by atoms with Crippen LogP contribution in [0.2, 0.25) is 0 Å². The van der Waals surface area contributed by atoms with Gasteiger partial charge in [-0.25, -0.2) is 0 Å². The SMILES string of the molecule is O=S1(=O)Nc2c(ccc3cccnc23)C2c3ccccc3OCN21. The van der Waals surface area contributed by atoms with Gasteiger partial charge in [-0.15, -0.1) is 4.31 Å². The van der Waals surface area contributed by atoms with Crippen molar-refractivity contribution in [1.29, 1.82) is 0 Å². The maximum absolute atomic E-state index is 12.7. The van der Waals surface area contributed by atoms with Gasteiger partial charge in [-0.1, -0.05) is 36.4 Å². The summed E-state index contributed by atoms with van der Waals surface area (Å²) in [4.78, 5) is 4.38. The van der Waals surface area contributed by atoms with Crippen LogP contribution in [0.25, 0.3) is 10.9 Å². The van der Waals surface area contributed by atoms with E-state index >= 15 is 0 Å². The van der Waals surface area contributed by atoms with Gasteiger partial charge in [0.05, 0.1) is 17.2 Å². The second-order valence-electron chi connectivity index (χ2n) is 5.81. The quantitative estimate of drug-likeness (QED) is 0.683. The van der Waals surface area contributed by atoms with Crippen LogP contribution in [0.1, 0.15) is 17.2 Å². The van der Waals surface area contributed by atoms with Crippen molar-refractivity contribution in [1.82, 2.24) is 9.29 Å². The molecule has 3 heterocycles. The van der Waals surface area contributed by atoms with Crippen LogP contribution in [0.3, 0.4) is 0 Å². The van der Waals surface area contributed by atoms with Gasteiger partial charge in [0.25, 0.3) is 0 Å². The Hall–Kier alpha value is -2.64. The third-order valence-corrected chi connectivity index (χ3v) is 5.89. The highest BCUT2D eigenvalue weighted by molar-refractivity contribution is 7.90. The summed E-state index contributed by atoms with van der Waals surface area (Å²) in [6.45, 7) is -0.0172. The van der Waals surface area contributed by atoms with E-state index in [9.17, 15) is 8.42 Å². The molecule has 3 aromatic rings. The maximum atomic E-state index is 12.7. The normalized spacial score (nSPS) is 21.1. The van der Waals surface area contributed by atoms with Gasteiger partial charge in [-0.3, -0.25) is 9.71 Å². The summed E-state index contributed by atoms with van der Waals surface area (Å²) in [5.41, 5.74) is 2.92. The summed E-state index contributed by atoms with van der Waals surface area (Å²) in [5, 5.41) is 0.896. The van der Waals surface area contributed by atoms with E-state index in [2.05, 4.69) is 9.71 Å². The summed E-state index contributed by atoms with van der Waals surface area (Å²) in [5.74, 6) is 0.711. The van der Waals surface area contributed by atoms with Crippen molar-refractivity contribution in [3.05, 3.63) is 65.9 Å². The molecular weight excluding hydrogens is 326 g/mol. The molecule has 2 aliphatic heterocycles. The molecule has 0 saturated heterocycles. The van der Waals surface area contributed by atoms with Crippen LogP contribution >= 0.6 is 0 Å². The molecule has 0 amide bonds. The molecule has 6 nitrogen and oxygen atoms in total. The number of nitrogens with zero attached hydrogens (tertiary/aromatic N) is 2. The summed E-state index contributed by atoms with van der Waals surface area (Å²) < 4.78 is 35.1. The molecule has 1 unspecified atom stereocenters. The lowest BCUT2D eigenvalue weighted by atomic mass is 9.94. The van der Waals surface area contributed by atoms with Crippen LogP contribution in [-0.4, -0.2) is 24.4 Å². The Bertz CT molecular complexity index is 1080. The number of pyridine rings is 1. The predicted octanol–water partition coefficient (Wildman–Crippen LogP) is 2.65. The predicted molar refractivity (Wildman–Crippen MR) is 89.9 cm³/mol. The first kappa shape index (κ1) is 13.8. The van der Waals surface area contributed by atoms with Gasteiger partial charge in [0, 0.05) is 22.7 Å². The highest BCUT2D eigenvalue weighted by atomic mass is 32.2. The molecule has 120 valence electrons. The van der Waals surface area contributed by atoms with E-state index in [-0.39, 0.29) is 6.73 Å². The molecule has 5 rings (SSSR count). The first-order chi connectivity index (χ1) is 11.6. The standard InChI is InChI=1S/C17H13N3O3S/c21-24(22)19-16-13(8-7-11-4-3-9-18-15(11)16)17-12-5-1-2-6-14(12)23-10-20(17)24/h1-9,17,19H,10H2. The molecule has 7 heteroatoms. The molecule has 0 aliphatic carbocycles. The fourth-order valence-corrected chi connectivity index (χ4v) is 4.70. The number of fused-ring (bicyclic) bond motifs is 7. The van der Waals surface area contributed by atoms with Gasteiger partial charge in [0.1, 0.15) is 5.75 Å². The second kappa shape index (κ2) is 4.68. The number of para-hydroxylation sites is 1. The summed E-state index contributed by atoms with van der Waals surface area (Å²) in [6, 6.07) is 14.8. The van der Waals surface area contributed by atoms with Crippen molar-refractivity contribution in [2.75, 3.05) is 11.5 Å². The monoisotopic (exact) mass is 339 g/mol. The number of rotatable bonds is 0. The van der Waals surface area contributed by atoms with E-state index in [1.165, 1.54) is 4.31 Å². The summed E-state index contributed by atoms with van der Waals surface area (Å²) >= 11 is 0. The Morgan fingerprint density at radius 2 is 1.96 bits per heavy atom. The molecule has 0 radical (unpaired) electrons. The number of aromatic nitrogens is 1. The highest BCUT2D eigenvalue weighted by Crippen LogP contribution is 2.46. The minimum atomic E-state index is -3.71. The first-order valence-corrected chi connectivity index (χ1v) is 8.98. The van der Waals surface area contributed by atoms with Crippen molar-refractivity contribution >= 4 is 26.8 Å². The molecular formula is C17H13N3O3S. The number of nitrogens with one attached hydrogen (secondary N) is 1. The zero-order valence-corrected chi connectivity index (χ0v) is 13.3. The number of ether oxygens (including phenoxy) is 1. The van der Waals surface area contributed by atoms with Crippen LogP contribution in [0.15, 0.2) is 54.7 Å². The molecule has 2 aromatic carbocycles. The number of hydrogen-bond acceptors (Lipinski definition) is 4. The summed E-state index contributed by atoms with van der Waals surface area (Å²) in [7, 11) is -3.71. The van der Waals surface area contributed by atoms with Crippen LogP contribution < -0.4 is 9.46 Å². The number of anilines is 1. The van der Waals surface area contributed by atoms with E-state index in [1.807, 2.05) is 48.5 Å². The Morgan fingerprint density at radius 3 is 2.88 bits per heavy atom. The average Bonchev–Trinajstić information content (AvgIpc) is 2.61. The van der Waals surface area contributed by atoms with Crippen molar-refractivity contribution in [3.8, 4) is 5.75 Å². The third kappa shape index (κ3) is 1.79. The fraction of sp³-hybridized carbons (Fsp3) is 0.118. The average molecular weight is 339 g/mol. The topological polar surface area (TPSA) is 71.5 Å². The van der Waals surface area contributed by atoms with Gasteiger partial charge in [-0.05, 0) is 12.1 Å². The molecule has 1 N–H and O–H groups in total. The minimum Gasteiger partial charge on any atom is -0.477 e. The lowest BCUT2D eigenvalue weighted by Crippen LogP contribution is -2.47. The van der Waals surface area contributed by atoms with E-state index in [4.69, 9.17) is 4.74 Å². The smallest absolute Gasteiger partial charge is 0.305 e.